The number of pyridine rings is 2. The average Bonchev–Trinajstić information content (AvgIpc) is 1.57. The summed E-state index contributed by atoms with van der Waals surface area (Å²) in [6.07, 6.45) is 2.96. The molecule has 6 fully saturated rings. The number of aromatic nitrogens is 2. The van der Waals surface area contributed by atoms with Gasteiger partial charge in [0, 0.05) is 48.8 Å². The zero-order valence-electron chi connectivity index (χ0n) is 64.5. The van der Waals surface area contributed by atoms with Gasteiger partial charge in [-0.25, -0.2) is 26.8 Å². The molecule has 6 heterocycles. The normalized spacial score (nSPS) is 29.7. The number of carbonyl (C=O) groups is 8. The topological polar surface area (TPSA) is 317 Å². The van der Waals surface area contributed by atoms with Crippen molar-refractivity contribution >= 4 is 88.7 Å². The van der Waals surface area contributed by atoms with Crippen molar-refractivity contribution < 1.29 is 110 Å². The van der Waals surface area contributed by atoms with Crippen molar-refractivity contribution in [2.24, 2.45) is 58.2 Å². The Morgan fingerprint density at radius 3 is 1.24 bits per heavy atom. The molecule has 4 saturated carbocycles. The summed E-state index contributed by atoms with van der Waals surface area (Å²) in [7, 11) is -4.77. The standard InChI is InChI=1S/2C40H50F3N3O9S/c2*1-23-8-6-7-9-26-20-39(26,37(50)45-56(51,52)29-11-12-29)21-33(47)32-18-28(54-35-30-13-10-27(53-5)17-25(30)14-15-44-35)22-46(32)36(49)31(24(2)16-23)19-34(48)55-38(3,4)40(41,42)43/h2*7,9-10,13-15,17,23-24,26,28-29,31-32H,6,8,11-12,16,18-22H2,1-5H3,(H,45,50)/b2*9-7-/t23-,24+,26+,28+,31-,32-,39+;23-,24-,26-,28-,31+,32+,39-/m01/s1. The van der Waals surface area contributed by atoms with Crippen LogP contribution in [0.1, 0.15) is 171 Å². The summed E-state index contributed by atoms with van der Waals surface area (Å²) in [6, 6.07) is 11.9. The molecule has 2 N–H and O–H groups in total. The number of ether oxygens (including phenoxy) is 6. The van der Waals surface area contributed by atoms with Crippen LogP contribution in [0.3, 0.4) is 0 Å². The number of rotatable bonds is 18. The molecule has 4 aromatic rings. The smallest absolute Gasteiger partial charge is 0.427 e. The number of nitrogens with one attached hydrogen (secondary N) is 2. The lowest BCUT2D eigenvalue weighted by Crippen LogP contribution is -2.48. The number of halogens is 6. The minimum atomic E-state index is -4.86. The fourth-order valence-corrected chi connectivity index (χ4v) is 18.9. The average molecular weight is 1610 g/mol. The summed E-state index contributed by atoms with van der Waals surface area (Å²) in [5.41, 5.74) is -8.33. The minimum Gasteiger partial charge on any atom is -0.497 e. The lowest BCUT2D eigenvalue weighted by molar-refractivity contribution is -0.257. The Morgan fingerprint density at radius 1 is 0.536 bits per heavy atom. The molecular formula is C80H100F6N6O18S2. The second-order valence-corrected chi connectivity index (χ2v) is 37.1. The molecule has 24 nitrogen and oxygen atoms in total. The van der Waals surface area contributed by atoms with E-state index in [-0.39, 0.29) is 75.2 Å². The summed E-state index contributed by atoms with van der Waals surface area (Å²) in [6.45, 7) is 10.2. The van der Waals surface area contributed by atoms with E-state index in [0.717, 1.165) is 38.5 Å². The monoisotopic (exact) mass is 1610 g/mol. The summed E-state index contributed by atoms with van der Waals surface area (Å²) in [4.78, 5) is 124. The molecule has 4 aliphatic heterocycles. The highest BCUT2D eigenvalue weighted by atomic mass is 32.2. The van der Waals surface area contributed by atoms with Gasteiger partial charge >= 0.3 is 24.3 Å². The van der Waals surface area contributed by atoms with Crippen molar-refractivity contribution in [2.45, 2.75) is 229 Å². The SMILES string of the molecule is COc1ccc2c(O[C@@H]3C[C@H]4C(=O)C[C@]5(C(=O)NS(=O)(=O)C6CC6)C[C@H]5/C=C\CC[C@@H](C)C[C@@H](C)[C@H](CC(=O)OC(C)(C)C(F)(F)F)C(=O)N4C3)nccc2c1.COc1ccc2c(O[C@@H]3C[C@H]4C(=O)C[C@]5(C(=O)NS(=O)(=O)C6CC6)C[C@H]5/C=C\CC[C@H](C)C[C@@H](C)[C@H](CC(=O)OC(C)(C)C(F)(F)F)C(=O)N4C3)nccc2c1. The highest BCUT2D eigenvalue weighted by molar-refractivity contribution is 7.91. The van der Waals surface area contributed by atoms with Crippen LogP contribution in [0.4, 0.5) is 26.3 Å². The first-order valence-corrected chi connectivity index (χ1v) is 41.5. The second-order valence-electron chi connectivity index (χ2n) is 33.2. The lowest BCUT2D eigenvalue weighted by atomic mass is 9.82. The molecule has 0 bridgehead atoms. The predicted molar refractivity (Wildman–Crippen MR) is 397 cm³/mol. The van der Waals surface area contributed by atoms with Crippen molar-refractivity contribution in [3.05, 3.63) is 85.2 Å². The van der Waals surface area contributed by atoms with Gasteiger partial charge in [-0.1, -0.05) is 52.0 Å². The van der Waals surface area contributed by atoms with Gasteiger partial charge < -0.3 is 38.2 Å². The van der Waals surface area contributed by atoms with Crippen molar-refractivity contribution in [3.63, 3.8) is 0 Å². The Balaban J connectivity index is 0.000000221. The molecule has 14 atom stereocenters. The molecule has 112 heavy (non-hydrogen) atoms. The fourth-order valence-electron chi connectivity index (χ4n) is 16.1. The molecular weight excluding hydrogens is 1510 g/mol. The van der Waals surface area contributed by atoms with E-state index in [1.54, 1.807) is 89.0 Å². The van der Waals surface area contributed by atoms with Crippen molar-refractivity contribution in [1.29, 1.82) is 0 Å². The van der Waals surface area contributed by atoms with Crippen LogP contribution in [-0.4, -0.2) is 169 Å². The number of Topliss-reactive ketones (excluding diaryl/α,β-unsaturated/α-hetero) is 2. The summed E-state index contributed by atoms with van der Waals surface area (Å²) >= 11 is 0. The van der Waals surface area contributed by atoms with E-state index in [2.05, 4.69) is 19.4 Å². The number of carbonyl (C=O) groups excluding carboxylic acids is 8. The number of benzene rings is 2. The molecule has 8 aliphatic rings. The van der Waals surface area contributed by atoms with E-state index in [4.69, 9.17) is 28.4 Å². The number of hydrogen-bond donors (Lipinski definition) is 2. The summed E-state index contributed by atoms with van der Waals surface area (Å²) in [5.74, 6) is -8.54. The molecule has 32 heteroatoms. The van der Waals surface area contributed by atoms with E-state index in [0.29, 0.717) is 86.5 Å². The predicted octanol–water partition coefficient (Wildman–Crippen LogP) is 12.1. The molecule has 2 saturated heterocycles. The zero-order valence-corrected chi connectivity index (χ0v) is 66.2. The number of amides is 4. The van der Waals surface area contributed by atoms with Gasteiger partial charge in [-0.2, -0.15) is 26.3 Å². The molecule has 0 radical (unpaired) electrons. The first-order chi connectivity index (χ1) is 52.5. The van der Waals surface area contributed by atoms with E-state index in [1.165, 1.54) is 9.80 Å². The van der Waals surface area contributed by atoms with Gasteiger partial charge in [0.15, 0.2) is 11.6 Å². The largest absolute Gasteiger partial charge is 0.497 e. The van der Waals surface area contributed by atoms with Crippen molar-refractivity contribution in [1.82, 2.24) is 29.2 Å². The van der Waals surface area contributed by atoms with Crippen LogP contribution in [0.25, 0.3) is 21.5 Å². The summed E-state index contributed by atoms with van der Waals surface area (Å²) in [5, 5.41) is 1.50. The molecule has 4 amide bonds. The summed E-state index contributed by atoms with van der Waals surface area (Å²) < 4.78 is 172. The Labute approximate surface area is 648 Å². The van der Waals surface area contributed by atoms with Crippen LogP contribution in [0.2, 0.25) is 0 Å². The van der Waals surface area contributed by atoms with E-state index in [9.17, 15) is 81.5 Å². The van der Waals surface area contributed by atoms with Crippen molar-refractivity contribution in [3.8, 4) is 23.3 Å². The van der Waals surface area contributed by atoms with Gasteiger partial charge in [0.2, 0.25) is 66.6 Å². The Kier molecular flexibility index (Phi) is 24.8. The van der Waals surface area contributed by atoms with E-state index < -0.39 is 185 Å². The Bertz CT molecular complexity index is 4280. The molecule has 4 aliphatic carbocycles. The number of fused-ring (bicyclic) bond motifs is 6. The number of methoxy groups -OCH3 is 2. The fraction of sp³-hybridized carbons (Fsp3) is 0.625. The number of alkyl halides is 6. The van der Waals surface area contributed by atoms with Crippen LogP contribution < -0.4 is 28.4 Å². The van der Waals surface area contributed by atoms with Gasteiger partial charge in [-0.15, -0.1) is 0 Å². The third-order valence-corrected chi connectivity index (χ3v) is 27.3. The first kappa shape index (κ1) is 84.5. The maximum Gasteiger partial charge on any atom is 0.427 e. The number of nitrogens with zero attached hydrogens (tertiary/aromatic N) is 4. The molecule has 12 rings (SSSR count). The van der Waals surface area contributed by atoms with Crippen LogP contribution in [0.5, 0.6) is 23.3 Å². The number of ketones is 2. The molecule has 612 valence electrons. The molecule has 2 aromatic carbocycles. The first-order valence-electron chi connectivity index (χ1n) is 38.4. The maximum absolute atomic E-state index is 14.8. The Morgan fingerprint density at radius 2 is 0.902 bits per heavy atom. The molecule has 2 aromatic heterocycles. The van der Waals surface area contributed by atoms with Gasteiger partial charge in [0.1, 0.15) is 23.7 Å². The highest BCUT2D eigenvalue weighted by Gasteiger charge is 2.64. The number of sulfonamides is 2. The third-order valence-electron chi connectivity index (χ3n) is 23.6. The van der Waals surface area contributed by atoms with Crippen LogP contribution in [0, 0.1) is 58.2 Å². The quantitative estimate of drug-likeness (QED) is 0.0531. The van der Waals surface area contributed by atoms with Gasteiger partial charge in [0.05, 0.1) is 85.4 Å². The van der Waals surface area contributed by atoms with Gasteiger partial charge in [-0.05, 0) is 200 Å². The molecule has 0 unspecified atom stereocenters. The number of esters is 2. The van der Waals surface area contributed by atoms with E-state index >= 15 is 0 Å². The van der Waals surface area contributed by atoms with Crippen molar-refractivity contribution in [2.75, 3.05) is 27.3 Å². The Hall–Kier alpha value is -8.42. The highest BCUT2D eigenvalue weighted by Crippen LogP contribution is 2.59. The van der Waals surface area contributed by atoms with Crippen LogP contribution in [-0.2, 0) is 67.9 Å². The lowest BCUT2D eigenvalue weighted by Gasteiger charge is -2.33. The van der Waals surface area contributed by atoms with E-state index in [1.807, 2.05) is 38.2 Å². The van der Waals surface area contributed by atoms with Crippen LogP contribution >= 0.6 is 0 Å². The maximum atomic E-state index is 14.8. The second kappa shape index (κ2) is 32.8. The molecule has 0 spiro atoms. The minimum absolute atomic E-state index is 0.0135. The third kappa shape index (κ3) is 19.2. The van der Waals surface area contributed by atoms with Gasteiger partial charge in [-0.3, -0.25) is 47.8 Å². The zero-order chi connectivity index (χ0) is 81.6. The van der Waals surface area contributed by atoms with Gasteiger partial charge in [0.25, 0.3) is 0 Å². The van der Waals surface area contributed by atoms with Crippen LogP contribution in [0.15, 0.2) is 85.2 Å². The number of hydrogen-bond acceptors (Lipinski definition) is 20. The number of allylic oxidation sites excluding steroid dienone is 4.